The highest BCUT2D eigenvalue weighted by Crippen LogP contribution is 2.20. The van der Waals surface area contributed by atoms with Gasteiger partial charge in [0.1, 0.15) is 5.82 Å². The molecule has 0 aliphatic rings. The highest BCUT2D eigenvalue weighted by Gasteiger charge is 2.07. The minimum atomic E-state index is -0.618. The highest BCUT2D eigenvalue weighted by molar-refractivity contribution is 7.12. The molecule has 106 valence electrons. The highest BCUT2D eigenvalue weighted by atomic mass is 32.1. The first-order chi connectivity index (χ1) is 9.47. The van der Waals surface area contributed by atoms with Crippen molar-refractivity contribution in [3.63, 3.8) is 0 Å². The molecule has 5 heteroatoms. The standard InChI is InChI=1S/C15H17FN2OS/c1-9-5-13(20-10(9)2)8-18-7-12-4-3-11(15(17)19)6-14(12)16/h3-6,18H,7-8H2,1-2H3,(H2,17,19). The zero-order valence-corrected chi connectivity index (χ0v) is 12.3. The minimum absolute atomic E-state index is 0.191. The molecule has 1 amide bonds. The molecule has 1 aromatic heterocycles. The Morgan fingerprint density at radius 1 is 1.30 bits per heavy atom. The summed E-state index contributed by atoms with van der Waals surface area (Å²) in [6, 6.07) is 6.45. The lowest BCUT2D eigenvalue weighted by Gasteiger charge is -2.06. The third-order valence-corrected chi connectivity index (χ3v) is 4.32. The molecule has 0 aliphatic heterocycles. The lowest BCUT2D eigenvalue weighted by Crippen LogP contribution is -2.15. The van der Waals surface area contributed by atoms with Gasteiger partial charge in [0.25, 0.3) is 0 Å². The Labute approximate surface area is 121 Å². The fraction of sp³-hybridized carbons (Fsp3) is 0.267. The van der Waals surface area contributed by atoms with Gasteiger partial charge in [0, 0.05) is 34.0 Å². The molecular weight excluding hydrogens is 275 g/mol. The first-order valence-corrected chi connectivity index (χ1v) is 7.14. The molecule has 0 aliphatic carbocycles. The van der Waals surface area contributed by atoms with Crippen molar-refractivity contribution in [1.82, 2.24) is 5.32 Å². The first-order valence-electron chi connectivity index (χ1n) is 6.32. The van der Waals surface area contributed by atoms with E-state index < -0.39 is 11.7 Å². The molecule has 3 nitrogen and oxygen atoms in total. The van der Waals surface area contributed by atoms with Crippen molar-refractivity contribution in [3.8, 4) is 0 Å². The molecular formula is C15H17FN2OS. The summed E-state index contributed by atoms with van der Waals surface area (Å²) >= 11 is 1.74. The van der Waals surface area contributed by atoms with Crippen LogP contribution in [0.1, 0.15) is 31.2 Å². The molecule has 0 atom stereocenters. The van der Waals surface area contributed by atoms with Crippen LogP contribution in [0, 0.1) is 19.7 Å². The second kappa shape index (κ2) is 6.15. The zero-order chi connectivity index (χ0) is 14.7. The first kappa shape index (κ1) is 14.7. The second-order valence-electron chi connectivity index (χ2n) is 4.73. The fourth-order valence-corrected chi connectivity index (χ4v) is 2.92. The number of nitrogens with two attached hydrogens (primary N) is 1. The molecule has 1 aromatic carbocycles. The van der Waals surface area contributed by atoms with E-state index >= 15 is 0 Å². The van der Waals surface area contributed by atoms with E-state index in [1.807, 2.05) is 0 Å². The van der Waals surface area contributed by atoms with Crippen LogP contribution in [0.2, 0.25) is 0 Å². The topological polar surface area (TPSA) is 55.1 Å². The molecule has 1 heterocycles. The molecule has 0 spiro atoms. The van der Waals surface area contributed by atoms with Gasteiger partial charge in [-0.1, -0.05) is 6.07 Å². The zero-order valence-electron chi connectivity index (χ0n) is 11.5. The largest absolute Gasteiger partial charge is 0.366 e. The third-order valence-electron chi connectivity index (χ3n) is 3.17. The lowest BCUT2D eigenvalue weighted by atomic mass is 10.1. The van der Waals surface area contributed by atoms with E-state index in [4.69, 9.17) is 5.73 Å². The van der Waals surface area contributed by atoms with Gasteiger partial charge in [0.2, 0.25) is 5.91 Å². The van der Waals surface area contributed by atoms with E-state index in [2.05, 4.69) is 25.2 Å². The average molecular weight is 292 g/mol. The van der Waals surface area contributed by atoms with E-state index in [9.17, 15) is 9.18 Å². The summed E-state index contributed by atoms with van der Waals surface area (Å²) in [7, 11) is 0. The van der Waals surface area contributed by atoms with E-state index in [0.717, 1.165) is 0 Å². The van der Waals surface area contributed by atoms with Crippen molar-refractivity contribution in [2.45, 2.75) is 26.9 Å². The second-order valence-corrected chi connectivity index (χ2v) is 6.07. The van der Waals surface area contributed by atoms with Crippen molar-refractivity contribution in [2.24, 2.45) is 5.73 Å². The molecule has 0 fully saturated rings. The number of halogens is 1. The van der Waals surface area contributed by atoms with Crippen LogP contribution >= 0.6 is 11.3 Å². The van der Waals surface area contributed by atoms with Crippen molar-refractivity contribution in [2.75, 3.05) is 0 Å². The van der Waals surface area contributed by atoms with Gasteiger partial charge in [-0.15, -0.1) is 11.3 Å². The summed E-state index contributed by atoms with van der Waals surface area (Å²) in [6.45, 7) is 5.29. The number of thiophene rings is 1. The summed E-state index contributed by atoms with van der Waals surface area (Å²) in [5.74, 6) is -1.03. The number of aryl methyl sites for hydroxylation is 2. The van der Waals surface area contributed by atoms with Crippen molar-refractivity contribution in [1.29, 1.82) is 0 Å². The van der Waals surface area contributed by atoms with Crippen LogP contribution in [0.3, 0.4) is 0 Å². The number of hydrogen-bond donors (Lipinski definition) is 2. The number of rotatable bonds is 5. The molecule has 3 N–H and O–H groups in total. The van der Waals surface area contributed by atoms with Crippen molar-refractivity contribution < 1.29 is 9.18 Å². The molecule has 0 saturated heterocycles. The summed E-state index contributed by atoms with van der Waals surface area (Å²) < 4.78 is 13.8. The summed E-state index contributed by atoms with van der Waals surface area (Å²) in [5.41, 5.74) is 7.11. The van der Waals surface area contributed by atoms with E-state index in [-0.39, 0.29) is 5.56 Å². The monoisotopic (exact) mass is 292 g/mol. The molecule has 20 heavy (non-hydrogen) atoms. The van der Waals surface area contributed by atoms with Gasteiger partial charge in [0.15, 0.2) is 0 Å². The van der Waals surface area contributed by atoms with E-state index in [0.29, 0.717) is 18.7 Å². The maximum absolute atomic E-state index is 13.8. The summed E-state index contributed by atoms with van der Waals surface area (Å²) in [5, 5.41) is 3.20. The number of nitrogens with one attached hydrogen (secondary N) is 1. The molecule has 2 aromatic rings. The SMILES string of the molecule is Cc1cc(CNCc2ccc(C(N)=O)cc2F)sc1C. The van der Waals surface area contributed by atoms with Crippen LogP contribution in [-0.2, 0) is 13.1 Å². The van der Waals surface area contributed by atoms with Gasteiger partial charge in [-0.25, -0.2) is 4.39 Å². The Morgan fingerprint density at radius 3 is 2.60 bits per heavy atom. The van der Waals surface area contributed by atoms with Gasteiger partial charge in [-0.05, 0) is 37.6 Å². The van der Waals surface area contributed by atoms with Crippen LogP contribution in [0.15, 0.2) is 24.3 Å². The Bertz CT molecular complexity index is 617. The fourth-order valence-electron chi connectivity index (χ4n) is 1.90. The Kier molecular flexibility index (Phi) is 4.52. The number of benzene rings is 1. The van der Waals surface area contributed by atoms with Crippen LogP contribution < -0.4 is 11.1 Å². The van der Waals surface area contributed by atoms with Gasteiger partial charge < -0.3 is 11.1 Å². The minimum Gasteiger partial charge on any atom is -0.366 e. The molecule has 0 saturated carbocycles. The Hall–Kier alpha value is -1.72. The summed E-state index contributed by atoms with van der Waals surface area (Å²) in [4.78, 5) is 13.5. The van der Waals surface area contributed by atoms with Crippen LogP contribution in [0.5, 0.6) is 0 Å². The molecule has 2 rings (SSSR count). The van der Waals surface area contributed by atoms with Crippen LogP contribution in [0.4, 0.5) is 4.39 Å². The van der Waals surface area contributed by atoms with Crippen molar-refractivity contribution in [3.05, 3.63) is 56.5 Å². The lowest BCUT2D eigenvalue weighted by molar-refractivity contribution is 0.1000. The molecule has 0 radical (unpaired) electrons. The van der Waals surface area contributed by atoms with Crippen molar-refractivity contribution >= 4 is 17.2 Å². The third kappa shape index (κ3) is 3.43. The smallest absolute Gasteiger partial charge is 0.248 e. The van der Waals surface area contributed by atoms with Gasteiger partial charge in [0.05, 0.1) is 0 Å². The number of carbonyl (C=O) groups excluding carboxylic acids is 1. The quantitative estimate of drug-likeness (QED) is 0.890. The Morgan fingerprint density at radius 2 is 2.05 bits per heavy atom. The predicted molar refractivity (Wildman–Crippen MR) is 79.3 cm³/mol. The number of carbonyl (C=O) groups is 1. The number of amides is 1. The van der Waals surface area contributed by atoms with Crippen LogP contribution in [-0.4, -0.2) is 5.91 Å². The predicted octanol–water partition coefficient (Wildman–Crippen LogP) is 2.89. The molecule has 0 bridgehead atoms. The van der Waals surface area contributed by atoms with Crippen LogP contribution in [0.25, 0.3) is 0 Å². The van der Waals surface area contributed by atoms with Gasteiger partial charge in [-0.2, -0.15) is 0 Å². The average Bonchev–Trinajstić information content (AvgIpc) is 2.70. The normalized spacial score (nSPS) is 10.8. The van der Waals surface area contributed by atoms with Gasteiger partial charge >= 0.3 is 0 Å². The molecule has 0 unspecified atom stereocenters. The summed E-state index contributed by atoms with van der Waals surface area (Å²) in [6.07, 6.45) is 0. The Balaban J connectivity index is 1.95. The maximum atomic E-state index is 13.8. The van der Waals surface area contributed by atoms with E-state index in [1.165, 1.54) is 21.4 Å². The van der Waals surface area contributed by atoms with E-state index in [1.54, 1.807) is 23.5 Å². The number of hydrogen-bond acceptors (Lipinski definition) is 3. The maximum Gasteiger partial charge on any atom is 0.248 e. The number of primary amides is 1. The van der Waals surface area contributed by atoms with Gasteiger partial charge in [-0.3, -0.25) is 4.79 Å².